The monoisotopic (exact) mass is 398 g/mol. The minimum atomic E-state index is -0.404. The highest BCUT2D eigenvalue weighted by Crippen LogP contribution is 2.28. The first-order valence-electron chi connectivity index (χ1n) is 10.1. The average Bonchev–Trinajstić information content (AvgIpc) is 2.74. The topological polar surface area (TPSA) is 69.6 Å². The van der Waals surface area contributed by atoms with Crippen molar-refractivity contribution in [2.24, 2.45) is 11.8 Å². The summed E-state index contributed by atoms with van der Waals surface area (Å²) < 4.78 is 14.1. The van der Waals surface area contributed by atoms with Gasteiger partial charge in [-0.15, -0.1) is 0 Å². The van der Waals surface area contributed by atoms with Crippen LogP contribution < -0.4 is 5.48 Å². The van der Waals surface area contributed by atoms with E-state index >= 15 is 0 Å². The van der Waals surface area contributed by atoms with Gasteiger partial charge in [-0.25, -0.2) is 9.87 Å². The normalized spacial score (nSPS) is 15.6. The number of halogens is 1. The van der Waals surface area contributed by atoms with E-state index in [2.05, 4.69) is 0 Å². The number of fused-ring (bicyclic) bond motifs is 1. The molecule has 0 bridgehead atoms. The number of nitrogens with zero attached hydrogens (tertiary/aromatic N) is 1. The van der Waals surface area contributed by atoms with Gasteiger partial charge in [-0.3, -0.25) is 14.8 Å². The molecule has 1 heterocycles. The van der Waals surface area contributed by atoms with Gasteiger partial charge in [-0.2, -0.15) is 0 Å². The van der Waals surface area contributed by atoms with Gasteiger partial charge in [0.05, 0.1) is 0 Å². The molecule has 0 aliphatic carbocycles. The Labute approximate surface area is 170 Å². The molecular weight excluding hydrogens is 371 g/mol. The summed E-state index contributed by atoms with van der Waals surface area (Å²) >= 11 is 0. The highest BCUT2D eigenvalue weighted by Gasteiger charge is 2.28. The maximum Gasteiger partial charge on any atom is 0.254 e. The maximum atomic E-state index is 14.1. The molecule has 1 aliphatic heterocycles. The lowest BCUT2D eigenvalue weighted by Crippen LogP contribution is -2.41. The van der Waals surface area contributed by atoms with Crippen LogP contribution in [0, 0.1) is 17.7 Å². The Balaban J connectivity index is 1.74. The Morgan fingerprint density at radius 2 is 2.00 bits per heavy atom. The molecule has 0 saturated heterocycles. The predicted molar refractivity (Wildman–Crippen MR) is 109 cm³/mol. The van der Waals surface area contributed by atoms with E-state index in [0.717, 1.165) is 17.5 Å². The van der Waals surface area contributed by atoms with E-state index in [-0.39, 0.29) is 23.6 Å². The summed E-state index contributed by atoms with van der Waals surface area (Å²) in [5, 5.41) is 9.00. The molecule has 0 fully saturated rings. The summed E-state index contributed by atoms with van der Waals surface area (Å²) in [4.78, 5) is 26.6. The Morgan fingerprint density at radius 3 is 2.69 bits per heavy atom. The molecule has 2 aromatic carbocycles. The second-order valence-corrected chi connectivity index (χ2v) is 7.65. The van der Waals surface area contributed by atoms with Gasteiger partial charge < -0.3 is 4.90 Å². The van der Waals surface area contributed by atoms with Crippen LogP contribution in [-0.2, 0) is 11.2 Å². The zero-order valence-corrected chi connectivity index (χ0v) is 16.8. The van der Waals surface area contributed by atoms with Crippen LogP contribution in [0.1, 0.15) is 42.6 Å². The number of hydroxylamine groups is 1. The van der Waals surface area contributed by atoms with Gasteiger partial charge in [0.15, 0.2) is 0 Å². The van der Waals surface area contributed by atoms with Gasteiger partial charge in [0, 0.05) is 30.1 Å². The first kappa shape index (κ1) is 21.0. The van der Waals surface area contributed by atoms with E-state index < -0.39 is 5.91 Å². The Hall–Kier alpha value is -2.73. The number of carbonyl (C=O) groups is 2. The van der Waals surface area contributed by atoms with Crippen molar-refractivity contribution in [1.82, 2.24) is 10.4 Å². The first-order valence-corrected chi connectivity index (χ1v) is 10.1. The van der Waals surface area contributed by atoms with Crippen molar-refractivity contribution in [3.8, 4) is 11.1 Å². The molecule has 5 nitrogen and oxygen atoms in total. The van der Waals surface area contributed by atoms with Crippen LogP contribution in [0.4, 0.5) is 4.39 Å². The molecule has 0 spiro atoms. The standard InChI is InChI=1S/C23H27FN2O3/c1-3-15(2)18(22(27)25-29)11-13-26-12-10-17-14-16(8-9-20(17)23(26)28)19-6-4-5-7-21(19)24/h4-9,14-15,18,29H,3,10-13H2,1-2H3,(H,25,27). The second kappa shape index (κ2) is 9.18. The van der Waals surface area contributed by atoms with Crippen molar-refractivity contribution >= 4 is 11.8 Å². The lowest BCUT2D eigenvalue weighted by Gasteiger charge is -2.31. The second-order valence-electron chi connectivity index (χ2n) is 7.65. The minimum Gasteiger partial charge on any atom is -0.338 e. The van der Waals surface area contributed by atoms with Gasteiger partial charge in [-0.1, -0.05) is 50.6 Å². The van der Waals surface area contributed by atoms with Crippen LogP contribution in [-0.4, -0.2) is 35.0 Å². The number of amides is 2. The molecule has 2 N–H and O–H groups in total. The number of hydrogen-bond acceptors (Lipinski definition) is 3. The van der Waals surface area contributed by atoms with Gasteiger partial charge >= 0.3 is 0 Å². The van der Waals surface area contributed by atoms with Crippen molar-refractivity contribution in [3.63, 3.8) is 0 Å². The van der Waals surface area contributed by atoms with Crippen LogP contribution in [0.25, 0.3) is 11.1 Å². The van der Waals surface area contributed by atoms with Gasteiger partial charge in [-0.05, 0) is 42.0 Å². The summed E-state index contributed by atoms with van der Waals surface area (Å²) in [6.07, 6.45) is 1.99. The molecule has 1 aliphatic rings. The van der Waals surface area contributed by atoms with E-state index in [9.17, 15) is 14.0 Å². The Morgan fingerprint density at radius 1 is 1.24 bits per heavy atom. The summed E-state index contributed by atoms with van der Waals surface area (Å²) in [6.45, 7) is 4.98. The molecule has 2 amide bonds. The van der Waals surface area contributed by atoms with Crippen molar-refractivity contribution in [3.05, 3.63) is 59.4 Å². The number of rotatable bonds is 7. The molecule has 2 aromatic rings. The molecule has 2 unspecified atom stereocenters. The molecule has 0 saturated carbocycles. The molecule has 6 heteroatoms. The summed E-state index contributed by atoms with van der Waals surface area (Å²) in [7, 11) is 0. The quantitative estimate of drug-likeness (QED) is 0.546. The van der Waals surface area contributed by atoms with E-state index in [1.165, 1.54) is 6.07 Å². The van der Waals surface area contributed by atoms with Gasteiger partial charge in [0.2, 0.25) is 5.91 Å². The zero-order valence-electron chi connectivity index (χ0n) is 16.8. The molecule has 0 radical (unpaired) electrons. The predicted octanol–water partition coefficient (Wildman–Crippen LogP) is 4.05. The van der Waals surface area contributed by atoms with E-state index in [1.807, 2.05) is 19.9 Å². The average molecular weight is 398 g/mol. The van der Waals surface area contributed by atoms with Crippen LogP contribution in [0.3, 0.4) is 0 Å². The SMILES string of the molecule is CCC(C)C(CCN1CCc2cc(-c3ccccc3F)ccc2C1=O)C(=O)NO. The van der Waals surface area contributed by atoms with Crippen LogP contribution >= 0.6 is 0 Å². The lowest BCUT2D eigenvalue weighted by molar-refractivity contribution is -0.135. The van der Waals surface area contributed by atoms with Crippen molar-refractivity contribution in [1.29, 1.82) is 0 Å². The summed E-state index contributed by atoms with van der Waals surface area (Å²) in [5.74, 6) is -0.993. The molecule has 29 heavy (non-hydrogen) atoms. The molecule has 3 rings (SSSR count). The van der Waals surface area contributed by atoms with Crippen molar-refractivity contribution in [2.45, 2.75) is 33.1 Å². The van der Waals surface area contributed by atoms with E-state index in [0.29, 0.717) is 37.1 Å². The highest BCUT2D eigenvalue weighted by atomic mass is 19.1. The zero-order chi connectivity index (χ0) is 21.0. The van der Waals surface area contributed by atoms with Gasteiger partial charge in [0.1, 0.15) is 5.82 Å². The number of carbonyl (C=O) groups excluding carboxylic acids is 2. The third-order valence-corrected chi connectivity index (χ3v) is 5.95. The van der Waals surface area contributed by atoms with Crippen LogP contribution in [0.5, 0.6) is 0 Å². The number of nitrogens with one attached hydrogen (secondary N) is 1. The van der Waals surface area contributed by atoms with E-state index in [4.69, 9.17) is 5.21 Å². The summed E-state index contributed by atoms with van der Waals surface area (Å²) in [5.41, 5.74) is 4.58. The Bertz CT molecular complexity index is 899. The van der Waals surface area contributed by atoms with Crippen LogP contribution in [0.15, 0.2) is 42.5 Å². The van der Waals surface area contributed by atoms with Crippen molar-refractivity contribution < 1.29 is 19.2 Å². The van der Waals surface area contributed by atoms with E-state index in [1.54, 1.807) is 40.7 Å². The lowest BCUT2D eigenvalue weighted by atomic mass is 9.87. The molecule has 2 atom stereocenters. The largest absolute Gasteiger partial charge is 0.338 e. The number of hydrogen-bond donors (Lipinski definition) is 2. The molecular formula is C23H27FN2O3. The first-order chi connectivity index (χ1) is 14.0. The van der Waals surface area contributed by atoms with Gasteiger partial charge in [0.25, 0.3) is 5.91 Å². The fraction of sp³-hybridized carbons (Fsp3) is 0.391. The van der Waals surface area contributed by atoms with Crippen molar-refractivity contribution in [2.75, 3.05) is 13.1 Å². The molecule has 0 aromatic heterocycles. The van der Waals surface area contributed by atoms with Crippen LogP contribution in [0.2, 0.25) is 0 Å². The molecule has 154 valence electrons. The highest BCUT2D eigenvalue weighted by molar-refractivity contribution is 5.97. The third kappa shape index (κ3) is 4.48. The fourth-order valence-electron chi connectivity index (χ4n) is 3.95. The Kier molecular flexibility index (Phi) is 6.64. The minimum absolute atomic E-state index is 0.0707. The summed E-state index contributed by atoms with van der Waals surface area (Å²) in [6, 6.07) is 12.0. The number of benzene rings is 2. The smallest absolute Gasteiger partial charge is 0.254 e. The maximum absolute atomic E-state index is 14.1. The third-order valence-electron chi connectivity index (χ3n) is 5.95. The fourth-order valence-corrected chi connectivity index (χ4v) is 3.95.